The van der Waals surface area contributed by atoms with Crippen molar-refractivity contribution in [2.45, 2.75) is 26.2 Å². The maximum absolute atomic E-state index is 10.5. The van der Waals surface area contributed by atoms with Crippen molar-refractivity contribution < 1.29 is 4.79 Å². The topological polar surface area (TPSA) is 72.9 Å². The lowest BCUT2D eigenvalue weighted by molar-refractivity contribution is -0.104. The Bertz CT molecular complexity index is 1050. The summed E-state index contributed by atoms with van der Waals surface area (Å²) < 4.78 is 0. The lowest BCUT2D eigenvalue weighted by atomic mass is 9.91. The van der Waals surface area contributed by atoms with E-state index < -0.39 is 0 Å². The molecule has 1 aromatic carbocycles. The summed E-state index contributed by atoms with van der Waals surface area (Å²) in [5, 5.41) is 7.34. The number of pyridine rings is 1. The van der Waals surface area contributed by atoms with Gasteiger partial charge in [-0.05, 0) is 74.6 Å². The van der Waals surface area contributed by atoms with Crippen LogP contribution in [0.2, 0.25) is 0 Å². The van der Waals surface area contributed by atoms with Crippen LogP contribution in [0.1, 0.15) is 31.7 Å². The number of carbonyl (C=O) groups is 1. The number of aldehydes is 1. The number of allylic oxidation sites excluding steroid dienone is 3. The molecule has 0 radical (unpaired) electrons. The summed E-state index contributed by atoms with van der Waals surface area (Å²) in [5.41, 5.74) is 7.33. The van der Waals surface area contributed by atoms with E-state index in [1.807, 2.05) is 38.4 Å². The number of anilines is 1. The van der Waals surface area contributed by atoms with Crippen LogP contribution in [0.4, 0.5) is 5.82 Å². The van der Waals surface area contributed by atoms with E-state index in [2.05, 4.69) is 70.1 Å². The summed E-state index contributed by atoms with van der Waals surface area (Å²) >= 11 is 0. The number of carbonyl (C=O) groups excluding carboxylic acids is 1. The van der Waals surface area contributed by atoms with Gasteiger partial charge in [0.15, 0.2) is 6.29 Å². The Morgan fingerprint density at radius 1 is 1.18 bits per heavy atom. The predicted molar refractivity (Wildman–Crippen MR) is 138 cm³/mol. The molecule has 1 fully saturated rings. The highest BCUT2D eigenvalue weighted by Gasteiger charge is 2.23. The van der Waals surface area contributed by atoms with Crippen LogP contribution >= 0.6 is 0 Å². The van der Waals surface area contributed by atoms with E-state index in [9.17, 15) is 4.79 Å². The molecule has 0 amide bonds. The summed E-state index contributed by atoms with van der Waals surface area (Å²) in [6.07, 6.45) is 10.0. The van der Waals surface area contributed by atoms with Gasteiger partial charge in [-0.3, -0.25) is 9.79 Å². The lowest BCUT2D eigenvalue weighted by Gasteiger charge is -2.28. The van der Waals surface area contributed by atoms with Gasteiger partial charge in [-0.15, -0.1) is 0 Å². The molecule has 0 atom stereocenters. The largest absolute Gasteiger partial charge is 0.373 e. The second-order valence-corrected chi connectivity index (χ2v) is 8.66. The Morgan fingerprint density at radius 3 is 2.58 bits per heavy atom. The van der Waals surface area contributed by atoms with Gasteiger partial charge in [0.25, 0.3) is 0 Å². The van der Waals surface area contributed by atoms with Crippen molar-refractivity contribution >= 4 is 34.2 Å². The quantitative estimate of drug-likeness (QED) is 0.515. The summed E-state index contributed by atoms with van der Waals surface area (Å²) in [4.78, 5) is 21.5. The minimum atomic E-state index is 0.611. The number of benzene rings is 1. The van der Waals surface area contributed by atoms with Crippen LogP contribution in [0.15, 0.2) is 53.4 Å². The zero-order valence-corrected chi connectivity index (χ0v) is 20.4. The van der Waals surface area contributed by atoms with Crippen LogP contribution in [0, 0.1) is 5.92 Å². The fourth-order valence-electron chi connectivity index (χ4n) is 4.09. The molecule has 3 heterocycles. The number of nitrogens with zero attached hydrogens (tertiary/aromatic N) is 4. The zero-order chi connectivity index (χ0) is 23.8. The van der Waals surface area contributed by atoms with E-state index in [4.69, 9.17) is 0 Å². The van der Waals surface area contributed by atoms with Crippen molar-refractivity contribution in [1.82, 2.24) is 20.3 Å². The minimum absolute atomic E-state index is 0.611. The van der Waals surface area contributed by atoms with Gasteiger partial charge >= 0.3 is 0 Å². The van der Waals surface area contributed by atoms with Gasteiger partial charge in [0, 0.05) is 57.0 Å². The second kappa shape index (κ2) is 11.7. The number of nitrogens with one attached hydrogen (secondary N) is 2. The van der Waals surface area contributed by atoms with Gasteiger partial charge in [-0.25, -0.2) is 10.4 Å². The van der Waals surface area contributed by atoms with E-state index in [0.29, 0.717) is 11.6 Å². The molecule has 0 bridgehead atoms. The standard InChI is InChI=1S/C15H20N4.C11H16N2O/c1-11(10-19(4)17-3)12-5-6-13-9-18-15(16-2)8-14(13)7-12;1-13-6-4-9(5-7-13)11-3-2-10(8-14)12-11/h5-10,17H,1-4H3,(H,16,18);2,8-9H,3-7H2,1H3/b11-10+;. The smallest absolute Gasteiger partial charge is 0.168 e. The van der Waals surface area contributed by atoms with E-state index >= 15 is 0 Å². The van der Waals surface area contributed by atoms with Crippen molar-refractivity contribution in [3.63, 3.8) is 0 Å². The first-order valence-corrected chi connectivity index (χ1v) is 11.5. The number of likely N-dealkylation sites (tertiary alicyclic amines) is 1. The number of fused-ring (bicyclic) bond motifs is 1. The summed E-state index contributed by atoms with van der Waals surface area (Å²) in [7, 11) is 7.91. The Morgan fingerprint density at radius 2 is 1.94 bits per heavy atom. The molecule has 0 saturated carbocycles. The van der Waals surface area contributed by atoms with Gasteiger partial charge in [0.2, 0.25) is 0 Å². The minimum Gasteiger partial charge on any atom is -0.373 e. The van der Waals surface area contributed by atoms with Gasteiger partial charge in [0.1, 0.15) is 5.82 Å². The Balaban J connectivity index is 0.000000194. The lowest BCUT2D eigenvalue weighted by Crippen LogP contribution is -2.33. The molecule has 0 unspecified atom stereocenters. The summed E-state index contributed by atoms with van der Waals surface area (Å²) in [6.45, 7) is 4.41. The molecule has 1 aromatic heterocycles. The highest BCUT2D eigenvalue weighted by atomic mass is 16.1. The fraction of sp³-hybridized carbons (Fsp3) is 0.423. The molecular weight excluding hydrogens is 412 g/mol. The Kier molecular flexibility index (Phi) is 8.74. The van der Waals surface area contributed by atoms with E-state index in [1.54, 1.807) is 0 Å². The van der Waals surface area contributed by atoms with Crippen molar-refractivity contribution in [3.8, 4) is 0 Å². The average Bonchev–Trinajstić information content (AvgIpc) is 3.33. The van der Waals surface area contributed by atoms with E-state index in [1.165, 1.54) is 35.1 Å². The van der Waals surface area contributed by atoms with Crippen molar-refractivity contribution in [3.05, 3.63) is 54.0 Å². The molecule has 33 heavy (non-hydrogen) atoms. The fourth-order valence-corrected chi connectivity index (χ4v) is 4.09. The Hall–Kier alpha value is -3.03. The average molecular weight is 449 g/mol. The molecular formula is C26H36N6O. The number of aromatic nitrogens is 1. The summed E-state index contributed by atoms with van der Waals surface area (Å²) in [5.74, 6) is 1.50. The van der Waals surface area contributed by atoms with Gasteiger partial charge < -0.3 is 15.2 Å². The number of aliphatic imine (C=N–C) groups is 1. The van der Waals surface area contributed by atoms with E-state index in [0.717, 1.165) is 37.0 Å². The van der Waals surface area contributed by atoms with Gasteiger partial charge in [-0.2, -0.15) is 0 Å². The SMILES string of the molecule is CN1CCC(C2=NC(C=O)=CC2)CC1.CNc1cc2cc(/C(C)=C/N(C)NC)ccc2cn1. The molecule has 2 aliphatic heterocycles. The highest BCUT2D eigenvalue weighted by molar-refractivity contribution is 5.95. The van der Waals surface area contributed by atoms with Crippen LogP contribution in [-0.2, 0) is 4.79 Å². The molecule has 2 aliphatic rings. The third kappa shape index (κ3) is 6.73. The Labute approximate surface area is 197 Å². The monoisotopic (exact) mass is 448 g/mol. The van der Waals surface area contributed by atoms with Crippen LogP contribution in [0.25, 0.3) is 16.3 Å². The number of hydrogen-bond donors (Lipinski definition) is 2. The first-order valence-electron chi connectivity index (χ1n) is 11.5. The van der Waals surface area contributed by atoms with Crippen LogP contribution in [0.3, 0.4) is 0 Å². The maximum Gasteiger partial charge on any atom is 0.168 e. The highest BCUT2D eigenvalue weighted by Crippen LogP contribution is 2.24. The van der Waals surface area contributed by atoms with Crippen molar-refractivity contribution in [2.24, 2.45) is 10.9 Å². The van der Waals surface area contributed by atoms with Gasteiger partial charge in [0.05, 0.1) is 5.70 Å². The van der Waals surface area contributed by atoms with Crippen molar-refractivity contribution in [2.75, 3.05) is 46.6 Å². The third-order valence-corrected chi connectivity index (χ3v) is 6.28. The first kappa shape index (κ1) is 24.6. The number of hydrazine groups is 1. The molecule has 7 heteroatoms. The summed E-state index contributed by atoms with van der Waals surface area (Å²) in [6, 6.07) is 8.48. The molecule has 2 N–H and O–H groups in total. The van der Waals surface area contributed by atoms with E-state index in [-0.39, 0.29) is 0 Å². The molecule has 0 spiro atoms. The maximum atomic E-state index is 10.5. The first-order chi connectivity index (χ1) is 15.9. The van der Waals surface area contributed by atoms with Crippen LogP contribution < -0.4 is 10.7 Å². The predicted octanol–water partition coefficient (Wildman–Crippen LogP) is 3.96. The number of rotatable bonds is 6. The number of piperidine rings is 1. The molecule has 0 aliphatic carbocycles. The second-order valence-electron chi connectivity index (χ2n) is 8.66. The molecule has 2 aromatic rings. The van der Waals surface area contributed by atoms with Crippen LogP contribution in [-0.4, -0.2) is 68.2 Å². The normalized spacial score (nSPS) is 17.2. The molecule has 1 saturated heterocycles. The van der Waals surface area contributed by atoms with Crippen LogP contribution in [0.5, 0.6) is 0 Å². The molecule has 176 valence electrons. The number of hydrogen-bond acceptors (Lipinski definition) is 7. The van der Waals surface area contributed by atoms with Crippen molar-refractivity contribution in [1.29, 1.82) is 0 Å². The third-order valence-electron chi connectivity index (χ3n) is 6.28. The molecule has 7 nitrogen and oxygen atoms in total. The van der Waals surface area contributed by atoms with Gasteiger partial charge in [-0.1, -0.05) is 12.1 Å². The molecule has 4 rings (SSSR count). The zero-order valence-electron chi connectivity index (χ0n) is 20.4.